The molecule has 0 saturated carbocycles. The molecule has 2 aromatic carbocycles. The van der Waals surface area contributed by atoms with Crippen molar-refractivity contribution in [3.63, 3.8) is 0 Å². The largest absolute Gasteiger partial charge is 0.508 e. The van der Waals surface area contributed by atoms with Crippen LogP contribution in [0.25, 0.3) is 0 Å². The van der Waals surface area contributed by atoms with E-state index < -0.39 is 24.7 Å². The molecule has 0 radical (unpaired) electrons. The summed E-state index contributed by atoms with van der Waals surface area (Å²) in [7, 11) is 0. The molecule has 1 aliphatic rings. The van der Waals surface area contributed by atoms with Crippen molar-refractivity contribution in [2.75, 3.05) is 13.2 Å². The summed E-state index contributed by atoms with van der Waals surface area (Å²) in [6, 6.07) is 16.4. The number of aliphatic hydroxyl groups excluding tert-OH is 1. The van der Waals surface area contributed by atoms with Crippen LogP contribution in [-0.4, -0.2) is 43.0 Å². The van der Waals surface area contributed by atoms with Gasteiger partial charge in [-0.25, -0.2) is 4.79 Å². The molecule has 0 aromatic heterocycles. The minimum absolute atomic E-state index is 0.0151. The number of hydrogen-bond acceptors (Lipinski definition) is 6. The van der Waals surface area contributed by atoms with E-state index in [1.807, 2.05) is 24.3 Å². The molecule has 0 amide bonds. The van der Waals surface area contributed by atoms with Gasteiger partial charge < -0.3 is 24.1 Å². The van der Waals surface area contributed by atoms with E-state index in [2.05, 4.69) is 31.2 Å². The average molecular weight is 414 g/mol. The van der Waals surface area contributed by atoms with Gasteiger partial charge in [0.15, 0.2) is 0 Å². The normalized spacial score (nSPS) is 21.1. The van der Waals surface area contributed by atoms with Gasteiger partial charge in [-0.05, 0) is 36.1 Å². The van der Waals surface area contributed by atoms with Crippen molar-refractivity contribution in [3.05, 3.63) is 65.2 Å². The maximum absolute atomic E-state index is 11.4. The highest BCUT2D eigenvalue weighted by molar-refractivity contribution is 5.59. The van der Waals surface area contributed by atoms with Gasteiger partial charge in [0.25, 0.3) is 0 Å². The summed E-state index contributed by atoms with van der Waals surface area (Å²) in [5.74, 6) is 0.723. The zero-order valence-corrected chi connectivity index (χ0v) is 17.6. The third-order valence-electron chi connectivity index (χ3n) is 5.05. The number of aliphatic hydroxyl groups is 1. The van der Waals surface area contributed by atoms with E-state index in [1.54, 1.807) is 6.92 Å². The molecular formula is C24H30O6. The van der Waals surface area contributed by atoms with E-state index in [4.69, 9.17) is 18.9 Å². The van der Waals surface area contributed by atoms with Crippen molar-refractivity contribution in [3.8, 4) is 5.75 Å². The van der Waals surface area contributed by atoms with Gasteiger partial charge >= 0.3 is 6.16 Å². The van der Waals surface area contributed by atoms with Gasteiger partial charge in [0.2, 0.25) is 6.29 Å². The topological polar surface area (TPSA) is 74.2 Å². The maximum atomic E-state index is 11.4. The highest BCUT2D eigenvalue weighted by atomic mass is 16.7. The molecule has 2 aromatic rings. The van der Waals surface area contributed by atoms with E-state index in [-0.39, 0.29) is 13.2 Å². The Morgan fingerprint density at radius 1 is 1.03 bits per heavy atom. The number of benzene rings is 2. The summed E-state index contributed by atoms with van der Waals surface area (Å²) >= 11 is 0. The molecule has 0 aliphatic carbocycles. The number of carbonyl (C=O) groups is 1. The molecule has 6 heteroatoms. The van der Waals surface area contributed by atoms with Gasteiger partial charge in [-0.15, -0.1) is 0 Å². The molecule has 0 spiro atoms. The van der Waals surface area contributed by atoms with Crippen LogP contribution in [0.15, 0.2) is 48.5 Å². The molecule has 162 valence electrons. The lowest BCUT2D eigenvalue weighted by Crippen LogP contribution is -2.41. The second-order valence-corrected chi connectivity index (χ2v) is 7.38. The van der Waals surface area contributed by atoms with E-state index in [9.17, 15) is 9.90 Å². The zero-order valence-electron chi connectivity index (χ0n) is 17.6. The van der Waals surface area contributed by atoms with Crippen LogP contribution in [-0.2, 0) is 27.1 Å². The Kier molecular flexibility index (Phi) is 8.11. The average Bonchev–Trinajstić information content (AvgIpc) is 2.74. The van der Waals surface area contributed by atoms with Crippen LogP contribution in [0.1, 0.15) is 43.4 Å². The Morgan fingerprint density at radius 2 is 1.77 bits per heavy atom. The molecule has 3 unspecified atom stereocenters. The molecule has 3 atom stereocenters. The Labute approximate surface area is 177 Å². The first-order chi connectivity index (χ1) is 14.6. The number of carbonyl (C=O) groups excluding carboxylic acids is 1. The standard InChI is InChI=1S/C24H30O6/c1-3-17-9-11-18(12-10-17)13-19-7-5-6-8-22(19)30-23-15-20(25)14-21(29-23)16-28-24(26)27-4-2/h5-12,20-21,23,25H,3-4,13-16H2,1-2H3. The van der Waals surface area contributed by atoms with Crippen molar-refractivity contribution < 1.29 is 28.8 Å². The molecule has 1 saturated heterocycles. The first kappa shape index (κ1) is 22.1. The van der Waals surface area contributed by atoms with Crippen molar-refractivity contribution in [2.45, 2.75) is 58.0 Å². The highest BCUT2D eigenvalue weighted by Crippen LogP contribution is 2.27. The number of aryl methyl sites for hydroxylation is 1. The molecule has 1 fully saturated rings. The Hall–Kier alpha value is -2.57. The molecule has 6 nitrogen and oxygen atoms in total. The fourth-order valence-corrected chi connectivity index (χ4v) is 3.47. The number of para-hydroxylation sites is 1. The van der Waals surface area contributed by atoms with E-state index in [0.29, 0.717) is 12.8 Å². The summed E-state index contributed by atoms with van der Waals surface area (Å²) in [6.45, 7) is 4.11. The lowest BCUT2D eigenvalue weighted by molar-refractivity contribution is -0.186. The van der Waals surface area contributed by atoms with Crippen molar-refractivity contribution in [2.24, 2.45) is 0 Å². The van der Waals surface area contributed by atoms with Crippen molar-refractivity contribution in [1.29, 1.82) is 0 Å². The monoisotopic (exact) mass is 414 g/mol. The summed E-state index contributed by atoms with van der Waals surface area (Å²) in [6.07, 6.45) is 0.101. The predicted molar refractivity (Wildman–Crippen MR) is 113 cm³/mol. The van der Waals surface area contributed by atoms with Gasteiger partial charge in [0.1, 0.15) is 12.4 Å². The Morgan fingerprint density at radius 3 is 2.50 bits per heavy atom. The maximum Gasteiger partial charge on any atom is 0.508 e. The van der Waals surface area contributed by atoms with Crippen LogP contribution >= 0.6 is 0 Å². The lowest BCUT2D eigenvalue weighted by Gasteiger charge is -2.33. The fraction of sp³-hybridized carbons (Fsp3) is 0.458. The van der Waals surface area contributed by atoms with Crippen LogP contribution in [0, 0.1) is 0 Å². The first-order valence-electron chi connectivity index (χ1n) is 10.5. The van der Waals surface area contributed by atoms with E-state index >= 15 is 0 Å². The lowest BCUT2D eigenvalue weighted by atomic mass is 10.0. The SMILES string of the molecule is CCOC(=O)OCC1CC(O)CC(Oc2ccccc2Cc2ccc(CC)cc2)O1. The van der Waals surface area contributed by atoms with Gasteiger partial charge in [0, 0.05) is 19.3 Å². The molecule has 3 rings (SSSR count). The zero-order chi connectivity index (χ0) is 21.3. The highest BCUT2D eigenvalue weighted by Gasteiger charge is 2.31. The van der Waals surface area contributed by atoms with Crippen LogP contribution < -0.4 is 4.74 Å². The Balaban J connectivity index is 1.62. The molecule has 0 bridgehead atoms. The third-order valence-corrected chi connectivity index (χ3v) is 5.05. The van der Waals surface area contributed by atoms with Gasteiger partial charge in [0.05, 0.1) is 18.8 Å². The van der Waals surface area contributed by atoms with Gasteiger partial charge in [-0.1, -0.05) is 49.4 Å². The fourth-order valence-electron chi connectivity index (χ4n) is 3.47. The second kappa shape index (κ2) is 11.0. The number of ether oxygens (including phenoxy) is 4. The quantitative estimate of drug-likeness (QED) is 0.651. The smallest absolute Gasteiger partial charge is 0.465 e. The van der Waals surface area contributed by atoms with Gasteiger partial charge in [-0.2, -0.15) is 0 Å². The summed E-state index contributed by atoms with van der Waals surface area (Å²) in [5, 5.41) is 10.2. The summed E-state index contributed by atoms with van der Waals surface area (Å²) < 4.78 is 21.8. The second-order valence-electron chi connectivity index (χ2n) is 7.38. The molecular weight excluding hydrogens is 384 g/mol. The molecule has 1 heterocycles. The first-order valence-corrected chi connectivity index (χ1v) is 10.5. The summed E-state index contributed by atoms with van der Waals surface area (Å²) in [4.78, 5) is 11.4. The molecule has 1 N–H and O–H groups in total. The molecule has 1 aliphatic heterocycles. The minimum Gasteiger partial charge on any atom is -0.465 e. The van der Waals surface area contributed by atoms with Gasteiger partial charge in [-0.3, -0.25) is 0 Å². The van der Waals surface area contributed by atoms with E-state index in [1.165, 1.54) is 11.1 Å². The minimum atomic E-state index is -0.738. The van der Waals surface area contributed by atoms with Crippen molar-refractivity contribution in [1.82, 2.24) is 0 Å². The van der Waals surface area contributed by atoms with Crippen LogP contribution in [0.4, 0.5) is 4.79 Å². The number of hydrogen-bond donors (Lipinski definition) is 1. The van der Waals surface area contributed by atoms with Crippen LogP contribution in [0.5, 0.6) is 5.75 Å². The summed E-state index contributed by atoms with van der Waals surface area (Å²) in [5.41, 5.74) is 3.56. The van der Waals surface area contributed by atoms with Crippen LogP contribution in [0.3, 0.4) is 0 Å². The van der Waals surface area contributed by atoms with Crippen molar-refractivity contribution >= 4 is 6.16 Å². The van der Waals surface area contributed by atoms with E-state index in [0.717, 1.165) is 24.2 Å². The molecule has 30 heavy (non-hydrogen) atoms. The van der Waals surface area contributed by atoms with Crippen LogP contribution in [0.2, 0.25) is 0 Å². The Bertz CT molecular complexity index is 804. The predicted octanol–water partition coefficient (Wildman–Crippen LogP) is 4.26. The third kappa shape index (κ3) is 6.47. The number of rotatable bonds is 8.